The van der Waals surface area contributed by atoms with Crippen LogP contribution in [0.25, 0.3) is 0 Å². The first-order chi connectivity index (χ1) is 9.98. The predicted octanol–water partition coefficient (Wildman–Crippen LogP) is 4.31. The lowest BCUT2D eigenvalue weighted by atomic mass is 9.78. The topological polar surface area (TPSA) is 33.2 Å². The van der Waals surface area contributed by atoms with Gasteiger partial charge in [0.1, 0.15) is 0 Å². The Morgan fingerprint density at radius 3 is 2.67 bits per heavy atom. The molecule has 3 rings (SSSR count). The zero-order chi connectivity index (χ0) is 15.0. The Bertz CT molecular complexity index is 527. The summed E-state index contributed by atoms with van der Waals surface area (Å²) < 4.78 is 0. The van der Waals surface area contributed by atoms with Crippen LogP contribution in [0, 0.1) is 11.3 Å². The standard InChI is InChI=1S/C17H26N2OS/c1-4-5-12-6-8-19(9-7-12)16-18-13-10-17(2,3)11-14(20)15(13)21-16/h12H,4-11H2,1-3H3. The van der Waals surface area contributed by atoms with Crippen LogP contribution in [0.15, 0.2) is 0 Å². The van der Waals surface area contributed by atoms with Crippen molar-refractivity contribution in [3.63, 3.8) is 0 Å². The Labute approximate surface area is 131 Å². The molecule has 0 aromatic carbocycles. The molecular formula is C17H26N2OS. The largest absolute Gasteiger partial charge is 0.348 e. The van der Waals surface area contributed by atoms with E-state index in [1.807, 2.05) is 0 Å². The maximum Gasteiger partial charge on any atom is 0.186 e. The highest BCUT2D eigenvalue weighted by Crippen LogP contribution is 2.40. The molecule has 1 saturated heterocycles. The second kappa shape index (κ2) is 5.71. The molecule has 116 valence electrons. The molecule has 1 aromatic rings. The van der Waals surface area contributed by atoms with Crippen molar-refractivity contribution in [2.45, 2.75) is 59.3 Å². The third kappa shape index (κ3) is 3.15. The van der Waals surface area contributed by atoms with Gasteiger partial charge >= 0.3 is 0 Å². The van der Waals surface area contributed by atoms with E-state index in [9.17, 15) is 4.79 Å². The molecule has 3 nitrogen and oxygen atoms in total. The molecule has 2 heterocycles. The van der Waals surface area contributed by atoms with Gasteiger partial charge in [0.2, 0.25) is 0 Å². The number of aromatic nitrogens is 1. The van der Waals surface area contributed by atoms with Crippen LogP contribution in [-0.4, -0.2) is 23.9 Å². The smallest absolute Gasteiger partial charge is 0.186 e. The summed E-state index contributed by atoms with van der Waals surface area (Å²) in [5.41, 5.74) is 1.12. The Morgan fingerprint density at radius 2 is 2.00 bits per heavy atom. The Kier molecular flexibility index (Phi) is 4.08. The minimum atomic E-state index is 0.0730. The molecule has 1 aliphatic heterocycles. The second-order valence-electron chi connectivity index (χ2n) is 7.43. The van der Waals surface area contributed by atoms with Crippen molar-refractivity contribution in [3.05, 3.63) is 10.6 Å². The molecule has 0 spiro atoms. The fraction of sp³-hybridized carbons (Fsp3) is 0.765. The third-order valence-corrected chi connectivity index (χ3v) is 6.01. The number of nitrogens with zero attached hydrogens (tertiary/aromatic N) is 2. The van der Waals surface area contributed by atoms with Crippen LogP contribution in [0.5, 0.6) is 0 Å². The summed E-state index contributed by atoms with van der Waals surface area (Å²) in [7, 11) is 0. The van der Waals surface area contributed by atoms with E-state index in [4.69, 9.17) is 4.98 Å². The van der Waals surface area contributed by atoms with Crippen LogP contribution in [0.3, 0.4) is 0 Å². The number of carbonyl (C=O) groups is 1. The van der Waals surface area contributed by atoms with Gasteiger partial charge in [0.25, 0.3) is 0 Å². The van der Waals surface area contributed by atoms with E-state index < -0.39 is 0 Å². The SMILES string of the molecule is CCCC1CCN(c2nc3c(s2)C(=O)CC(C)(C)C3)CC1. The summed E-state index contributed by atoms with van der Waals surface area (Å²) in [6.45, 7) is 8.82. The number of hydrogen-bond donors (Lipinski definition) is 0. The quantitative estimate of drug-likeness (QED) is 0.834. The van der Waals surface area contributed by atoms with E-state index in [0.717, 1.165) is 41.1 Å². The molecule has 0 unspecified atom stereocenters. The minimum absolute atomic E-state index is 0.0730. The van der Waals surface area contributed by atoms with Gasteiger partial charge in [0, 0.05) is 19.5 Å². The molecule has 4 heteroatoms. The lowest BCUT2D eigenvalue weighted by molar-refractivity contribution is 0.0916. The molecule has 0 atom stereocenters. The van der Waals surface area contributed by atoms with Crippen molar-refractivity contribution in [1.82, 2.24) is 4.98 Å². The van der Waals surface area contributed by atoms with E-state index >= 15 is 0 Å². The highest BCUT2D eigenvalue weighted by atomic mass is 32.1. The van der Waals surface area contributed by atoms with Crippen molar-refractivity contribution in [3.8, 4) is 0 Å². The number of Topliss-reactive ketones (excluding diaryl/α,β-unsaturated/α-hetero) is 1. The molecule has 0 saturated carbocycles. The molecular weight excluding hydrogens is 280 g/mol. The van der Waals surface area contributed by atoms with Crippen molar-refractivity contribution in [2.75, 3.05) is 18.0 Å². The van der Waals surface area contributed by atoms with Gasteiger partial charge < -0.3 is 4.90 Å². The minimum Gasteiger partial charge on any atom is -0.348 e. The Hall–Kier alpha value is -0.900. The Balaban J connectivity index is 1.73. The summed E-state index contributed by atoms with van der Waals surface area (Å²) in [4.78, 5) is 20.4. The number of ketones is 1. The van der Waals surface area contributed by atoms with E-state index in [1.165, 1.54) is 25.7 Å². The first-order valence-electron chi connectivity index (χ1n) is 8.26. The van der Waals surface area contributed by atoms with Crippen LogP contribution >= 0.6 is 11.3 Å². The third-order valence-electron chi connectivity index (χ3n) is 4.81. The lowest BCUT2D eigenvalue weighted by Crippen LogP contribution is -2.33. The maximum atomic E-state index is 12.3. The number of anilines is 1. The van der Waals surface area contributed by atoms with E-state index in [-0.39, 0.29) is 5.41 Å². The van der Waals surface area contributed by atoms with Gasteiger partial charge in [-0.1, -0.05) is 44.9 Å². The molecule has 0 amide bonds. The molecule has 1 aromatic heterocycles. The Morgan fingerprint density at radius 1 is 1.29 bits per heavy atom. The van der Waals surface area contributed by atoms with E-state index in [0.29, 0.717) is 12.2 Å². The first kappa shape index (κ1) is 15.0. The normalized spacial score (nSPS) is 22.4. The predicted molar refractivity (Wildman–Crippen MR) is 88.4 cm³/mol. The number of thiazole rings is 1. The van der Waals surface area contributed by atoms with Gasteiger partial charge in [-0.05, 0) is 30.6 Å². The van der Waals surface area contributed by atoms with Crippen LogP contribution in [0.4, 0.5) is 5.13 Å². The van der Waals surface area contributed by atoms with Crippen molar-refractivity contribution in [2.24, 2.45) is 11.3 Å². The van der Waals surface area contributed by atoms with Gasteiger partial charge in [0.15, 0.2) is 10.9 Å². The monoisotopic (exact) mass is 306 g/mol. The summed E-state index contributed by atoms with van der Waals surface area (Å²) in [6.07, 6.45) is 6.81. The summed E-state index contributed by atoms with van der Waals surface area (Å²) in [5.74, 6) is 1.19. The van der Waals surface area contributed by atoms with Crippen molar-refractivity contribution in [1.29, 1.82) is 0 Å². The van der Waals surface area contributed by atoms with E-state index in [2.05, 4.69) is 25.7 Å². The molecule has 2 aliphatic rings. The number of rotatable bonds is 3. The number of carbonyl (C=O) groups excluding carboxylic acids is 1. The van der Waals surface area contributed by atoms with Crippen LogP contribution in [0.1, 0.15) is 68.2 Å². The number of hydrogen-bond acceptors (Lipinski definition) is 4. The molecule has 1 fully saturated rings. The van der Waals surface area contributed by atoms with E-state index in [1.54, 1.807) is 11.3 Å². The number of fused-ring (bicyclic) bond motifs is 1. The van der Waals surface area contributed by atoms with Gasteiger partial charge in [0.05, 0.1) is 10.6 Å². The molecule has 0 radical (unpaired) electrons. The fourth-order valence-electron chi connectivity index (χ4n) is 3.66. The molecule has 21 heavy (non-hydrogen) atoms. The lowest BCUT2D eigenvalue weighted by Gasteiger charge is -2.31. The van der Waals surface area contributed by atoms with Crippen LogP contribution in [-0.2, 0) is 6.42 Å². The average Bonchev–Trinajstić information content (AvgIpc) is 2.82. The van der Waals surface area contributed by atoms with Crippen molar-refractivity contribution >= 4 is 22.3 Å². The summed E-state index contributed by atoms with van der Waals surface area (Å²) >= 11 is 1.63. The van der Waals surface area contributed by atoms with Crippen LogP contribution < -0.4 is 4.90 Å². The summed E-state index contributed by atoms with van der Waals surface area (Å²) in [5, 5.41) is 1.08. The molecule has 0 bridgehead atoms. The second-order valence-corrected chi connectivity index (χ2v) is 8.41. The highest BCUT2D eigenvalue weighted by Gasteiger charge is 2.34. The van der Waals surface area contributed by atoms with Gasteiger partial charge in [-0.3, -0.25) is 4.79 Å². The zero-order valence-corrected chi connectivity index (χ0v) is 14.3. The highest BCUT2D eigenvalue weighted by molar-refractivity contribution is 7.17. The maximum absolute atomic E-state index is 12.3. The van der Waals surface area contributed by atoms with Gasteiger partial charge in [-0.25, -0.2) is 4.98 Å². The molecule has 1 aliphatic carbocycles. The first-order valence-corrected chi connectivity index (χ1v) is 9.08. The molecule has 0 N–H and O–H groups in total. The summed E-state index contributed by atoms with van der Waals surface area (Å²) in [6, 6.07) is 0. The zero-order valence-electron chi connectivity index (χ0n) is 13.4. The van der Waals surface area contributed by atoms with Gasteiger partial charge in [-0.2, -0.15) is 0 Å². The van der Waals surface area contributed by atoms with Crippen molar-refractivity contribution < 1.29 is 4.79 Å². The number of piperidine rings is 1. The van der Waals surface area contributed by atoms with Gasteiger partial charge in [-0.15, -0.1) is 0 Å². The fourth-order valence-corrected chi connectivity index (χ4v) is 4.74. The van der Waals surface area contributed by atoms with Crippen LogP contribution in [0.2, 0.25) is 0 Å². The average molecular weight is 306 g/mol.